The molecule has 1 aromatic heterocycles. The molecule has 2 aromatic rings. The highest BCUT2D eigenvalue weighted by molar-refractivity contribution is 5.97. The van der Waals surface area contributed by atoms with Crippen molar-refractivity contribution in [2.24, 2.45) is 5.92 Å². The molecule has 1 saturated heterocycles. The summed E-state index contributed by atoms with van der Waals surface area (Å²) in [6, 6.07) is 3.59. The fraction of sp³-hybridized carbons (Fsp3) is 0.471. The predicted octanol–water partition coefficient (Wildman–Crippen LogP) is 1.78. The number of fused-ring (bicyclic) bond motifs is 1. The van der Waals surface area contributed by atoms with Gasteiger partial charge in [-0.3, -0.25) is 14.9 Å². The number of aromatic nitrogens is 2. The summed E-state index contributed by atoms with van der Waals surface area (Å²) in [5.41, 5.74) is 1.37. The van der Waals surface area contributed by atoms with E-state index >= 15 is 0 Å². The summed E-state index contributed by atoms with van der Waals surface area (Å²) in [6.45, 7) is 4.32. The first-order valence-corrected chi connectivity index (χ1v) is 8.15. The van der Waals surface area contributed by atoms with Crippen molar-refractivity contribution < 1.29 is 19.1 Å². The molecule has 1 aliphatic heterocycles. The third kappa shape index (κ3) is 3.24. The standard InChI is InChI=1S/C17H22N4O4/c1-9(2)21-8-10(5-15(21)22)16(23)20-17-18-11-6-13(24-3)14(25-4)7-12(11)19-17/h6-7,9-10H,5,8H2,1-4H3,(H2,18,19,20,23)/t10-/m1/s1. The second-order valence-electron chi connectivity index (χ2n) is 6.34. The first-order chi connectivity index (χ1) is 11.9. The summed E-state index contributed by atoms with van der Waals surface area (Å²) in [5, 5.41) is 2.76. The summed E-state index contributed by atoms with van der Waals surface area (Å²) < 4.78 is 10.5. The molecule has 3 rings (SSSR count). The number of ether oxygens (including phenoxy) is 2. The Morgan fingerprint density at radius 1 is 1.32 bits per heavy atom. The van der Waals surface area contributed by atoms with Gasteiger partial charge in [0.2, 0.25) is 17.8 Å². The van der Waals surface area contributed by atoms with Gasteiger partial charge in [0, 0.05) is 31.1 Å². The number of carbonyl (C=O) groups is 2. The second kappa shape index (κ2) is 6.62. The molecule has 25 heavy (non-hydrogen) atoms. The predicted molar refractivity (Wildman–Crippen MR) is 92.8 cm³/mol. The smallest absolute Gasteiger partial charge is 0.232 e. The Hall–Kier alpha value is -2.77. The Bertz CT molecular complexity index is 773. The number of hydrogen-bond acceptors (Lipinski definition) is 5. The van der Waals surface area contributed by atoms with Gasteiger partial charge >= 0.3 is 0 Å². The summed E-state index contributed by atoms with van der Waals surface area (Å²) in [7, 11) is 3.11. The number of benzene rings is 1. The van der Waals surface area contributed by atoms with E-state index in [1.165, 1.54) is 0 Å². The highest BCUT2D eigenvalue weighted by Crippen LogP contribution is 2.31. The molecule has 1 atom stereocenters. The van der Waals surface area contributed by atoms with Gasteiger partial charge < -0.3 is 19.4 Å². The molecule has 0 aliphatic carbocycles. The van der Waals surface area contributed by atoms with Crippen LogP contribution in [0.4, 0.5) is 5.95 Å². The summed E-state index contributed by atoms with van der Waals surface area (Å²) in [4.78, 5) is 33.5. The van der Waals surface area contributed by atoms with Gasteiger partial charge in [0.25, 0.3) is 0 Å². The highest BCUT2D eigenvalue weighted by atomic mass is 16.5. The Labute approximate surface area is 145 Å². The van der Waals surface area contributed by atoms with Crippen molar-refractivity contribution >= 4 is 28.8 Å². The molecule has 1 fully saturated rings. The molecule has 2 amide bonds. The maximum absolute atomic E-state index is 12.5. The number of nitrogens with zero attached hydrogens (tertiary/aromatic N) is 2. The number of carbonyl (C=O) groups excluding carboxylic acids is 2. The van der Waals surface area contributed by atoms with Gasteiger partial charge in [0.1, 0.15) is 0 Å². The molecule has 1 aromatic carbocycles. The summed E-state index contributed by atoms with van der Waals surface area (Å²) >= 11 is 0. The molecule has 0 spiro atoms. The van der Waals surface area contributed by atoms with Crippen LogP contribution in [-0.4, -0.2) is 53.5 Å². The topological polar surface area (TPSA) is 96.5 Å². The van der Waals surface area contributed by atoms with Gasteiger partial charge in [-0.25, -0.2) is 4.98 Å². The lowest BCUT2D eigenvalue weighted by Crippen LogP contribution is -2.33. The van der Waals surface area contributed by atoms with E-state index in [9.17, 15) is 9.59 Å². The number of likely N-dealkylation sites (tertiary alicyclic amines) is 1. The first kappa shape index (κ1) is 17.1. The van der Waals surface area contributed by atoms with E-state index in [-0.39, 0.29) is 30.2 Å². The van der Waals surface area contributed by atoms with Crippen LogP contribution in [0.3, 0.4) is 0 Å². The number of aromatic amines is 1. The van der Waals surface area contributed by atoms with Crippen LogP contribution in [0.25, 0.3) is 11.0 Å². The second-order valence-corrected chi connectivity index (χ2v) is 6.34. The average molecular weight is 346 g/mol. The van der Waals surface area contributed by atoms with E-state index in [1.54, 1.807) is 31.3 Å². The molecule has 0 radical (unpaired) electrons. The minimum Gasteiger partial charge on any atom is -0.493 e. The van der Waals surface area contributed by atoms with Gasteiger partial charge in [0.15, 0.2) is 11.5 Å². The lowest BCUT2D eigenvalue weighted by atomic mass is 10.1. The van der Waals surface area contributed by atoms with Crippen molar-refractivity contribution in [2.45, 2.75) is 26.3 Å². The number of hydrogen-bond donors (Lipinski definition) is 2. The number of methoxy groups -OCH3 is 2. The maximum atomic E-state index is 12.5. The number of imidazole rings is 1. The van der Waals surface area contributed by atoms with E-state index in [0.717, 1.165) is 5.52 Å². The first-order valence-electron chi connectivity index (χ1n) is 8.15. The van der Waals surface area contributed by atoms with Crippen molar-refractivity contribution in [3.63, 3.8) is 0 Å². The van der Waals surface area contributed by atoms with Gasteiger partial charge in [-0.2, -0.15) is 0 Å². The van der Waals surface area contributed by atoms with Crippen LogP contribution in [0, 0.1) is 5.92 Å². The number of amides is 2. The Kier molecular flexibility index (Phi) is 4.52. The lowest BCUT2D eigenvalue weighted by molar-refractivity contribution is -0.129. The van der Waals surface area contributed by atoms with Crippen LogP contribution >= 0.6 is 0 Å². The van der Waals surface area contributed by atoms with E-state index in [2.05, 4.69) is 15.3 Å². The number of nitrogens with one attached hydrogen (secondary N) is 2. The minimum atomic E-state index is -0.368. The molecule has 134 valence electrons. The van der Waals surface area contributed by atoms with Crippen LogP contribution in [0.5, 0.6) is 11.5 Å². The van der Waals surface area contributed by atoms with Crippen LogP contribution in [0.2, 0.25) is 0 Å². The third-order valence-corrected chi connectivity index (χ3v) is 4.38. The van der Waals surface area contributed by atoms with Crippen LogP contribution in [0.1, 0.15) is 20.3 Å². The third-order valence-electron chi connectivity index (χ3n) is 4.38. The van der Waals surface area contributed by atoms with Crippen molar-refractivity contribution in [1.82, 2.24) is 14.9 Å². The molecule has 0 unspecified atom stereocenters. The SMILES string of the molecule is COc1cc2nc(NC(=O)[C@@H]3CC(=O)N(C(C)C)C3)[nH]c2cc1OC. The van der Waals surface area contributed by atoms with Crippen molar-refractivity contribution in [3.05, 3.63) is 12.1 Å². The minimum absolute atomic E-state index is 0.00855. The van der Waals surface area contributed by atoms with Gasteiger partial charge in [-0.05, 0) is 13.8 Å². The van der Waals surface area contributed by atoms with Gasteiger partial charge in [0.05, 0.1) is 31.2 Å². The van der Waals surface area contributed by atoms with E-state index in [0.29, 0.717) is 29.5 Å². The largest absolute Gasteiger partial charge is 0.493 e. The Morgan fingerprint density at radius 2 is 2.00 bits per heavy atom. The zero-order chi connectivity index (χ0) is 18.1. The fourth-order valence-corrected chi connectivity index (χ4v) is 3.02. The zero-order valence-electron chi connectivity index (χ0n) is 14.8. The monoisotopic (exact) mass is 346 g/mol. The molecule has 8 nitrogen and oxygen atoms in total. The molecule has 1 aliphatic rings. The number of anilines is 1. The fourth-order valence-electron chi connectivity index (χ4n) is 3.02. The lowest BCUT2D eigenvalue weighted by Gasteiger charge is -2.20. The van der Waals surface area contributed by atoms with E-state index in [4.69, 9.17) is 9.47 Å². The maximum Gasteiger partial charge on any atom is 0.232 e. The van der Waals surface area contributed by atoms with Gasteiger partial charge in [-0.1, -0.05) is 0 Å². The molecule has 0 saturated carbocycles. The molecule has 8 heteroatoms. The van der Waals surface area contributed by atoms with Crippen LogP contribution in [0.15, 0.2) is 12.1 Å². The molecular weight excluding hydrogens is 324 g/mol. The molecule has 0 bridgehead atoms. The van der Waals surface area contributed by atoms with Crippen molar-refractivity contribution in [3.8, 4) is 11.5 Å². The Morgan fingerprint density at radius 3 is 2.60 bits per heavy atom. The van der Waals surface area contributed by atoms with Crippen LogP contribution in [-0.2, 0) is 9.59 Å². The quantitative estimate of drug-likeness (QED) is 0.860. The highest BCUT2D eigenvalue weighted by Gasteiger charge is 2.35. The zero-order valence-corrected chi connectivity index (χ0v) is 14.8. The van der Waals surface area contributed by atoms with Gasteiger partial charge in [-0.15, -0.1) is 0 Å². The van der Waals surface area contributed by atoms with Crippen molar-refractivity contribution in [1.29, 1.82) is 0 Å². The Balaban J connectivity index is 1.77. The molecule has 2 heterocycles. The van der Waals surface area contributed by atoms with Crippen LogP contribution < -0.4 is 14.8 Å². The summed E-state index contributed by atoms with van der Waals surface area (Å²) in [6.07, 6.45) is 0.228. The van der Waals surface area contributed by atoms with E-state index in [1.807, 2.05) is 13.8 Å². The van der Waals surface area contributed by atoms with E-state index < -0.39 is 0 Å². The number of H-pyrrole nitrogens is 1. The summed E-state index contributed by atoms with van der Waals surface area (Å²) in [5.74, 6) is 0.903. The molecular formula is C17H22N4O4. The number of rotatable bonds is 5. The normalized spacial score (nSPS) is 17.4. The average Bonchev–Trinajstić information content (AvgIpc) is 3.15. The molecule has 2 N–H and O–H groups in total. The van der Waals surface area contributed by atoms with Crippen molar-refractivity contribution in [2.75, 3.05) is 26.1 Å².